The van der Waals surface area contributed by atoms with E-state index < -0.39 is 6.09 Å². The molecular weight excluding hydrogens is 590 g/mol. The minimum atomic E-state index is -1.02. The molecule has 1 saturated heterocycles. The number of ether oxygens (including phenoxy) is 1. The van der Waals surface area contributed by atoms with Crippen LogP contribution < -0.4 is 15.4 Å². The summed E-state index contributed by atoms with van der Waals surface area (Å²) in [5.74, 6) is 0.642. The smallest absolute Gasteiger partial charge is 0.404 e. The highest BCUT2D eigenvalue weighted by atomic mass is 32.1. The summed E-state index contributed by atoms with van der Waals surface area (Å²) in [4.78, 5) is 29.3. The van der Waals surface area contributed by atoms with Gasteiger partial charge < -0.3 is 25.4 Å². The van der Waals surface area contributed by atoms with Crippen molar-refractivity contribution in [2.24, 2.45) is 0 Å². The molecular formula is C33H33N7O4S. The van der Waals surface area contributed by atoms with E-state index in [1.165, 1.54) is 10.8 Å². The molecule has 5 aromatic rings. The minimum Gasteiger partial charge on any atom is -0.491 e. The summed E-state index contributed by atoms with van der Waals surface area (Å²) >= 11 is 1.54. The summed E-state index contributed by atoms with van der Waals surface area (Å²) in [6.45, 7) is 2.50. The van der Waals surface area contributed by atoms with Crippen LogP contribution in [0.1, 0.15) is 29.8 Å². The van der Waals surface area contributed by atoms with E-state index in [1.54, 1.807) is 20.9 Å². The molecule has 0 saturated carbocycles. The lowest BCUT2D eigenvalue weighted by Crippen LogP contribution is -2.31. The average Bonchev–Trinajstić information content (AvgIpc) is 3.82. The maximum absolute atomic E-state index is 12.0. The second-order valence-corrected chi connectivity index (χ2v) is 11.5. The van der Waals surface area contributed by atoms with Crippen LogP contribution >= 0.6 is 11.3 Å². The molecule has 1 fully saturated rings. The number of fused-ring (bicyclic) bond motifs is 1. The zero-order valence-corrected chi connectivity index (χ0v) is 25.4. The number of amides is 3. The van der Waals surface area contributed by atoms with Crippen molar-refractivity contribution in [3.63, 3.8) is 0 Å². The number of carbonyl (C=O) groups excluding carboxylic acids is 1. The second kappa shape index (κ2) is 14.0. The maximum Gasteiger partial charge on any atom is 0.404 e. The van der Waals surface area contributed by atoms with Gasteiger partial charge >= 0.3 is 12.1 Å². The van der Waals surface area contributed by atoms with Crippen molar-refractivity contribution in [3.05, 3.63) is 89.2 Å². The van der Waals surface area contributed by atoms with Gasteiger partial charge in [0.15, 0.2) is 0 Å². The fourth-order valence-corrected chi connectivity index (χ4v) is 5.90. The molecule has 0 bridgehead atoms. The first-order chi connectivity index (χ1) is 22.0. The molecule has 230 valence electrons. The molecule has 45 heavy (non-hydrogen) atoms. The lowest BCUT2D eigenvalue weighted by Gasteiger charge is -2.16. The summed E-state index contributed by atoms with van der Waals surface area (Å²) in [6, 6.07) is 20.5. The van der Waals surface area contributed by atoms with Crippen molar-refractivity contribution in [2.75, 3.05) is 32.8 Å². The van der Waals surface area contributed by atoms with Gasteiger partial charge in [0.1, 0.15) is 17.4 Å². The topological polar surface area (TPSA) is 134 Å². The molecule has 3 heterocycles. The molecule has 3 N–H and O–H groups in total. The van der Waals surface area contributed by atoms with Crippen LogP contribution in [0, 0.1) is 0 Å². The molecule has 12 heteroatoms. The van der Waals surface area contributed by atoms with Crippen LogP contribution in [0.4, 0.5) is 9.59 Å². The number of rotatable bonds is 13. The van der Waals surface area contributed by atoms with Crippen molar-refractivity contribution in [1.29, 1.82) is 0 Å². The predicted molar refractivity (Wildman–Crippen MR) is 175 cm³/mol. The third kappa shape index (κ3) is 7.65. The SMILES string of the molecule is O=C(O)NCCCCc1cn(-c2ccc(-c3nc(/C=C/c4ccc5ccccc5c4)cs3)c(OCCN3CCNC3=O)c2)nn1. The summed E-state index contributed by atoms with van der Waals surface area (Å²) in [7, 11) is 0. The van der Waals surface area contributed by atoms with Gasteiger partial charge in [-0.1, -0.05) is 47.7 Å². The second-order valence-electron chi connectivity index (χ2n) is 10.6. The van der Waals surface area contributed by atoms with E-state index in [0.29, 0.717) is 51.4 Å². The Kier molecular flexibility index (Phi) is 9.30. The Bertz CT molecular complexity index is 1830. The molecule has 2 aromatic heterocycles. The number of nitrogens with zero attached hydrogens (tertiary/aromatic N) is 5. The van der Waals surface area contributed by atoms with E-state index in [9.17, 15) is 9.59 Å². The molecule has 6 rings (SSSR count). The van der Waals surface area contributed by atoms with Crippen molar-refractivity contribution < 1.29 is 19.4 Å². The summed E-state index contributed by atoms with van der Waals surface area (Å²) < 4.78 is 7.98. The number of hydrogen-bond acceptors (Lipinski definition) is 7. The molecule has 0 aliphatic carbocycles. The molecule has 11 nitrogen and oxygen atoms in total. The Hall–Kier alpha value is -5.23. The highest BCUT2D eigenvalue weighted by molar-refractivity contribution is 7.13. The monoisotopic (exact) mass is 623 g/mol. The van der Waals surface area contributed by atoms with Gasteiger partial charge in [0.25, 0.3) is 0 Å². The van der Waals surface area contributed by atoms with Crippen LogP contribution in [-0.4, -0.2) is 74.9 Å². The van der Waals surface area contributed by atoms with E-state index in [-0.39, 0.29) is 6.03 Å². The van der Waals surface area contributed by atoms with Gasteiger partial charge in [-0.3, -0.25) is 0 Å². The summed E-state index contributed by atoms with van der Waals surface area (Å²) in [5, 5.41) is 27.8. The third-order valence-electron chi connectivity index (χ3n) is 7.44. The molecule has 3 amide bonds. The number of aryl methyl sites for hydroxylation is 1. The van der Waals surface area contributed by atoms with Crippen LogP contribution in [0.5, 0.6) is 5.75 Å². The number of hydrogen-bond donors (Lipinski definition) is 3. The standard InChI is InChI=1S/C33H33N7O4S/c41-32-34-15-16-39(32)17-18-44-30-20-28(40-21-26(37-38-40)7-3-4-14-35-33(42)43)12-13-29(30)31-36-27(22-45-31)11-9-23-8-10-24-5-1-2-6-25(24)19-23/h1-2,5-6,8-13,19-22,35H,3-4,7,14-18H2,(H,34,41)(H,42,43)/b11-9+. The lowest BCUT2D eigenvalue weighted by molar-refractivity contribution is 0.194. The first-order valence-corrected chi connectivity index (χ1v) is 15.7. The van der Waals surface area contributed by atoms with Crippen LogP contribution in [0.25, 0.3) is 39.2 Å². The van der Waals surface area contributed by atoms with Gasteiger partial charge in [-0.2, -0.15) is 0 Å². The number of urea groups is 1. The molecule has 0 atom stereocenters. The van der Waals surface area contributed by atoms with Crippen LogP contribution in [0.15, 0.2) is 72.2 Å². The number of carbonyl (C=O) groups is 2. The van der Waals surface area contributed by atoms with Crippen molar-refractivity contribution in [3.8, 4) is 22.0 Å². The first kappa shape index (κ1) is 29.8. The van der Waals surface area contributed by atoms with Gasteiger partial charge in [0.2, 0.25) is 0 Å². The van der Waals surface area contributed by atoms with Crippen molar-refractivity contribution >= 4 is 46.4 Å². The fraction of sp³-hybridized carbons (Fsp3) is 0.242. The average molecular weight is 624 g/mol. The minimum absolute atomic E-state index is 0.0794. The van der Waals surface area contributed by atoms with Crippen LogP contribution in [0.2, 0.25) is 0 Å². The Labute approximate surface area is 264 Å². The van der Waals surface area contributed by atoms with E-state index in [0.717, 1.165) is 39.6 Å². The fourth-order valence-electron chi connectivity index (χ4n) is 5.08. The maximum atomic E-state index is 12.0. The Morgan fingerprint density at radius 2 is 1.98 bits per heavy atom. The normalized spacial score (nSPS) is 13.1. The molecule has 3 aromatic carbocycles. The lowest BCUT2D eigenvalue weighted by atomic mass is 10.1. The van der Waals surface area contributed by atoms with Gasteiger partial charge in [0.05, 0.1) is 35.4 Å². The van der Waals surface area contributed by atoms with Gasteiger partial charge in [0, 0.05) is 31.1 Å². The number of unbranched alkanes of at least 4 members (excludes halogenated alkanes) is 1. The van der Waals surface area contributed by atoms with Gasteiger partial charge in [-0.25, -0.2) is 19.3 Å². The Morgan fingerprint density at radius 1 is 1.09 bits per heavy atom. The number of nitrogens with one attached hydrogen (secondary N) is 2. The zero-order valence-electron chi connectivity index (χ0n) is 24.6. The van der Waals surface area contributed by atoms with Crippen molar-refractivity contribution in [1.82, 2.24) is 35.5 Å². The number of carboxylic acid groups (broad SMARTS) is 1. The molecule has 0 spiro atoms. The van der Waals surface area contributed by atoms with E-state index in [1.807, 2.05) is 48.0 Å². The van der Waals surface area contributed by atoms with Gasteiger partial charge in [-0.05, 0) is 59.9 Å². The van der Waals surface area contributed by atoms with Crippen LogP contribution in [0.3, 0.4) is 0 Å². The molecule has 0 unspecified atom stereocenters. The predicted octanol–water partition coefficient (Wildman–Crippen LogP) is 5.71. The highest BCUT2D eigenvalue weighted by Gasteiger charge is 2.20. The Balaban J connectivity index is 1.18. The molecule has 1 aliphatic heterocycles. The number of benzene rings is 3. The molecule has 0 radical (unpaired) electrons. The summed E-state index contributed by atoms with van der Waals surface area (Å²) in [5.41, 5.74) is 4.41. The van der Waals surface area contributed by atoms with E-state index >= 15 is 0 Å². The molecule has 1 aliphatic rings. The zero-order chi connectivity index (χ0) is 31.0. The van der Waals surface area contributed by atoms with Crippen LogP contribution in [-0.2, 0) is 6.42 Å². The van der Waals surface area contributed by atoms with E-state index in [2.05, 4.69) is 57.4 Å². The Morgan fingerprint density at radius 3 is 2.82 bits per heavy atom. The highest BCUT2D eigenvalue weighted by Crippen LogP contribution is 2.34. The van der Waals surface area contributed by atoms with Crippen molar-refractivity contribution in [2.45, 2.75) is 19.3 Å². The summed E-state index contributed by atoms with van der Waals surface area (Å²) in [6.07, 6.45) is 7.13. The van der Waals surface area contributed by atoms with E-state index in [4.69, 9.17) is 14.8 Å². The third-order valence-corrected chi connectivity index (χ3v) is 8.34. The number of aromatic nitrogens is 4. The first-order valence-electron chi connectivity index (χ1n) is 14.8. The number of thiazole rings is 1. The van der Waals surface area contributed by atoms with Gasteiger partial charge in [-0.15, -0.1) is 16.4 Å². The quantitative estimate of drug-likeness (QED) is 0.143. The largest absolute Gasteiger partial charge is 0.491 e.